The lowest BCUT2D eigenvalue weighted by atomic mass is 10.2. The van der Waals surface area contributed by atoms with Gasteiger partial charge in [-0.25, -0.2) is 14.8 Å². The fourth-order valence-electron chi connectivity index (χ4n) is 3.98. The van der Waals surface area contributed by atoms with Crippen LogP contribution in [-0.4, -0.2) is 80.4 Å². The molecular formula is C25H30Cl2N8O3. The van der Waals surface area contributed by atoms with E-state index in [4.69, 9.17) is 32.7 Å². The fraction of sp³-hybridized carbons (Fsp3) is 0.360. The van der Waals surface area contributed by atoms with Crippen molar-refractivity contribution in [2.45, 2.75) is 6.42 Å². The number of urea groups is 1. The maximum atomic E-state index is 13.0. The van der Waals surface area contributed by atoms with Crippen LogP contribution in [0.1, 0.15) is 6.42 Å². The van der Waals surface area contributed by atoms with E-state index >= 15 is 0 Å². The standard InChI is InChI=1S/C25H30Cl2N8O3/c1-33-10-5-11-35(13-12-33)17-8-6-16(7-9-17)30-23-28-15-29-24(32-23)34(2)25(36)31-22-20(26)18(37-3)14-19(38-4)21(22)27/h6-9,14-15H,5,10-13H2,1-4H3,(H,31,36)(H,28,29,30,32). The van der Waals surface area contributed by atoms with Crippen molar-refractivity contribution in [1.82, 2.24) is 19.9 Å². The molecule has 0 radical (unpaired) electrons. The van der Waals surface area contributed by atoms with Gasteiger partial charge in [0.2, 0.25) is 11.9 Å². The number of carbonyl (C=O) groups is 1. The van der Waals surface area contributed by atoms with Gasteiger partial charge >= 0.3 is 6.03 Å². The number of carbonyl (C=O) groups excluding carboxylic acids is 1. The smallest absolute Gasteiger partial charge is 0.328 e. The van der Waals surface area contributed by atoms with E-state index in [1.807, 2.05) is 12.1 Å². The largest absolute Gasteiger partial charge is 0.495 e. The lowest BCUT2D eigenvalue weighted by Crippen LogP contribution is -2.33. The van der Waals surface area contributed by atoms with Crippen LogP contribution in [0.25, 0.3) is 0 Å². The van der Waals surface area contributed by atoms with Crippen molar-refractivity contribution >= 4 is 58.2 Å². The molecule has 13 heteroatoms. The zero-order valence-electron chi connectivity index (χ0n) is 21.7. The molecule has 38 heavy (non-hydrogen) atoms. The van der Waals surface area contributed by atoms with Crippen LogP contribution >= 0.6 is 23.2 Å². The van der Waals surface area contributed by atoms with E-state index in [1.165, 1.54) is 44.2 Å². The average Bonchev–Trinajstić information content (AvgIpc) is 3.15. The zero-order valence-corrected chi connectivity index (χ0v) is 23.2. The highest BCUT2D eigenvalue weighted by Crippen LogP contribution is 2.44. The monoisotopic (exact) mass is 560 g/mol. The molecule has 3 aromatic rings. The van der Waals surface area contributed by atoms with Crippen LogP contribution < -0.4 is 29.9 Å². The molecule has 0 unspecified atom stereocenters. The van der Waals surface area contributed by atoms with Crippen molar-refractivity contribution in [3.8, 4) is 11.5 Å². The Bertz CT molecular complexity index is 1250. The summed E-state index contributed by atoms with van der Waals surface area (Å²) in [6.45, 7) is 4.17. The first-order chi connectivity index (χ1) is 18.3. The molecule has 2 aromatic carbocycles. The molecular weight excluding hydrogens is 531 g/mol. The Balaban J connectivity index is 1.45. The maximum absolute atomic E-state index is 13.0. The van der Waals surface area contributed by atoms with Crippen molar-refractivity contribution in [1.29, 1.82) is 0 Å². The molecule has 202 valence electrons. The van der Waals surface area contributed by atoms with Gasteiger partial charge < -0.3 is 29.9 Å². The van der Waals surface area contributed by atoms with E-state index in [1.54, 1.807) is 0 Å². The Morgan fingerprint density at radius 1 is 1.00 bits per heavy atom. The summed E-state index contributed by atoms with van der Waals surface area (Å²) < 4.78 is 10.5. The van der Waals surface area contributed by atoms with Crippen molar-refractivity contribution in [3.63, 3.8) is 0 Å². The maximum Gasteiger partial charge on any atom is 0.328 e. The number of nitrogens with zero attached hydrogens (tertiary/aromatic N) is 6. The number of hydrogen-bond donors (Lipinski definition) is 2. The van der Waals surface area contributed by atoms with Gasteiger partial charge in [0.15, 0.2) is 0 Å². The van der Waals surface area contributed by atoms with Crippen molar-refractivity contribution in [2.24, 2.45) is 0 Å². The van der Waals surface area contributed by atoms with E-state index in [0.717, 1.165) is 38.3 Å². The Labute approximate surface area is 231 Å². The summed E-state index contributed by atoms with van der Waals surface area (Å²) in [4.78, 5) is 31.6. The molecule has 1 fully saturated rings. The minimum Gasteiger partial charge on any atom is -0.495 e. The zero-order chi connectivity index (χ0) is 27.2. The number of ether oxygens (including phenoxy) is 2. The highest BCUT2D eigenvalue weighted by Gasteiger charge is 2.22. The predicted molar refractivity (Wildman–Crippen MR) is 151 cm³/mol. The number of amides is 2. The number of rotatable bonds is 7. The van der Waals surface area contributed by atoms with Gasteiger partial charge in [0.05, 0.1) is 19.9 Å². The number of anilines is 5. The van der Waals surface area contributed by atoms with Gasteiger partial charge in [-0.3, -0.25) is 4.90 Å². The van der Waals surface area contributed by atoms with Gasteiger partial charge in [-0.05, 0) is 44.3 Å². The van der Waals surface area contributed by atoms with Crippen molar-refractivity contribution < 1.29 is 14.3 Å². The second-order valence-electron chi connectivity index (χ2n) is 8.70. The minimum absolute atomic E-state index is 0.118. The van der Waals surface area contributed by atoms with Crippen molar-refractivity contribution in [2.75, 3.05) is 74.9 Å². The molecule has 1 saturated heterocycles. The molecule has 0 atom stereocenters. The molecule has 0 saturated carbocycles. The van der Waals surface area contributed by atoms with Crippen LogP contribution in [0.4, 0.5) is 33.8 Å². The minimum atomic E-state index is -0.575. The predicted octanol–water partition coefficient (Wildman–Crippen LogP) is 4.75. The lowest BCUT2D eigenvalue weighted by molar-refractivity contribution is 0.257. The first kappa shape index (κ1) is 27.5. The first-order valence-corrected chi connectivity index (χ1v) is 12.7. The Hall–Kier alpha value is -3.54. The first-order valence-electron chi connectivity index (χ1n) is 11.9. The number of benzene rings is 2. The van der Waals surface area contributed by atoms with Gasteiger partial charge in [0.1, 0.15) is 27.9 Å². The normalized spacial score (nSPS) is 14.0. The van der Waals surface area contributed by atoms with Crippen LogP contribution in [0.5, 0.6) is 11.5 Å². The number of halogens is 2. The Morgan fingerprint density at radius 3 is 2.34 bits per heavy atom. The quantitative estimate of drug-likeness (QED) is 0.423. The Morgan fingerprint density at radius 2 is 1.68 bits per heavy atom. The number of hydrogen-bond acceptors (Lipinski definition) is 9. The van der Waals surface area contributed by atoms with Crippen LogP contribution in [0.3, 0.4) is 0 Å². The van der Waals surface area contributed by atoms with E-state index in [0.29, 0.717) is 11.5 Å². The topological polar surface area (TPSA) is 108 Å². The third-order valence-corrected chi connectivity index (χ3v) is 6.93. The van der Waals surface area contributed by atoms with E-state index in [9.17, 15) is 4.79 Å². The van der Waals surface area contributed by atoms with Crippen LogP contribution in [0.2, 0.25) is 10.0 Å². The van der Waals surface area contributed by atoms with Gasteiger partial charge in [-0.2, -0.15) is 4.98 Å². The summed E-state index contributed by atoms with van der Waals surface area (Å²) >= 11 is 12.7. The van der Waals surface area contributed by atoms with Gasteiger partial charge in [-0.15, -0.1) is 0 Å². The van der Waals surface area contributed by atoms with Crippen LogP contribution in [0, 0.1) is 0 Å². The molecule has 2 heterocycles. The molecule has 2 amide bonds. The number of aromatic nitrogens is 3. The van der Waals surface area contributed by atoms with E-state index < -0.39 is 6.03 Å². The highest BCUT2D eigenvalue weighted by molar-refractivity contribution is 6.41. The van der Waals surface area contributed by atoms with Crippen LogP contribution in [0.15, 0.2) is 36.7 Å². The van der Waals surface area contributed by atoms with Crippen LogP contribution in [-0.2, 0) is 0 Å². The Kier molecular flexibility index (Phi) is 8.93. The average molecular weight is 561 g/mol. The van der Waals surface area contributed by atoms with Gasteiger partial charge in [0.25, 0.3) is 0 Å². The fourth-order valence-corrected chi connectivity index (χ4v) is 4.57. The van der Waals surface area contributed by atoms with E-state index in [2.05, 4.69) is 54.6 Å². The molecule has 11 nitrogen and oxygen atoms in total. The third kappa shape index (κ3) is 6.29. The molecule has 1 aromatic heterocycles. The molecule has 2 N–H and O–H groups in total. The molecule has 0 aliphatic carbocycles. The molecule has 1 aliphatic rings. The second-order valence-corrected chi connectivity index (χ2v) is 9.45. The SMILES string of the molecule is COc1cc(OC)c(Cl)c(NC(=O)N(C)c2ncnc(Nc3ccc(N4CCCN(C)CC4)cc3)n2)c1Cl. The molecule has 4 rings (SSSR count). The summed E-state index contributed by atoms with van der Waals surface area (Å²) in [7, 11) is 6.57. The molecule has 0 bridgehead atoms. The summed E-state index contributed by atoms with van der Waals surface area (Å²) in [5, 5.41) is 6.10. The van der Waals surface area contributed by atoms with Crippen molar-refractivity contribution in [3.05, 3.63) is 46.7 Å². The second kappa shape index (κ2) is 12.3. The number of likely N-dealkylation sites (N-methyl/N-ethyl adjacent to an activating group) is 1. The molecule has 1 aliphatic heterocycles. The lowest BCUT2D eigenvalue weighted by Gasteiger charge is -2.23. The van der Waals surface area contributed by atoms with Gasteiger partial charge in [-0.1, -0.05) is 23.2 Å². The summed E-state index contributed by atoms with van der Waals surface area (Å²) in [5.74, 6) is 1.00. The third-order valence-electron chi connectivity index (χ3n) is 6.18. The van der Waals surface area contributed by atoms with Gasteiger partial charge in [0, 0.05) is 44.1 Å². The summed E-state index contributed by atoms with van der Waals surface area (Å²) in [5.41, 5.74) is 2.13. The molecule has 0 spiro atoms. The summed E-state index contributed by atoms with van der Waals surface area (Å²) in [6, 6.07) is 9.06. The highest BCUT2D eigenvalue weighted by atomic mass is 35.5. The summed E-state index contributed by atoms with van der Waals surface area (Å²) in [6.07, 6.45) is 2.46. The number of methoxy groups -OCH3 is 2. The van der Waals surface area contributed by atoms with E-state index in [-0.39, 0.29) is 27.6 Å². The number of nitrogens with one attached hydrogen (secondary N) is 2.